The van der Waals surface area contributed by atoms with Crippen LogP contribution < -0.4 is 0 Å². The van der Waals surface area contributed by atoms with E-state index in [-0.39, 0.29) is 0 Å². The SMILES string of the molecule is CC.CCOC.COCC1CCN(C)C1. The molecule has 0 radical (unpaired) electrons. The molecule has 1 atom stereocenters. The maximum atomic E-state index is 5.05. The molecule has 0 spiro atoms. The van der Waals surface area contributed by atoms with Crippen molar-refractivity contribution in [1.29, 1.82) is 0 Å². The Morgan fingerprint density at radius 3 is 2.00 bits per heavy atom. The van der Waals surface area contributed by atoms with Gasteiger partial charge < -0.3 is 14.4 Å². The summed E-state index contributed by atoms with van der Waals surface area (Å²) < 4.78 is 9.59. The van der Waals surface area contributed by atoms with Crippen LogP contribution in [-0.2, 0) is 9.47 Å². The van der Waals surface area contributed by atoms with E-state index >= 15 is 0 Å². The molecule has 94 valence electrons. The molecule has 1 rings (SSSR count). The second-order valence-corrected chi connectivity index (χ2v) is 3.45. The van der Waals surface area contributed by atoms with Crippen molar-refractivity contribution in [2.45, 2.75) is 27.2 Å². The van der Waals surface area contributed by atoms with Crippen LogP contribution in [0.2, 0.25) is 0 Å². The van der Waals surface area contributed by atoms with Crippen molar-refractivity contribution in [3.8, 4) is 0 Å². The molecular weight excluding hydrogens is 190 g/mol. The van der Waals surface area contributed by atoms with Gasteiger partial charge in [0.1, 0.15) is 0 Å². The number of likely N-dealkylation sites (tertiary alicyclic amines) is 1. The van der Waals surface area contributed by atoms with Crippen molar-refractivity contribution < 1.29 is 9.47 Å². The number of hydrogen-bond acceptors (Lipinski definition) is 3. The van der Waals surface area contributed by atoms with E-state index in [2.05, 4.69) is 16.7 Å². The van der Waals surface area contributed by atoms with Crippen LogP contribution in [0.5, 0.6) is 0 Å². The Hall–Kier alpha value is -0.120. The zero-order valence-electron chi connectivity index (χ0n) is 11.4. The Balaban J connectivity index is 0. The van der Waals surface area contributed by atoms with Crippen LogP contribution in [0.4, 0.5) is 0 Å². The average molecular weight is 219 g/mol. The predicted molar refractivity (Wildman–Crippen MR) is 66.4 cm³/mol. The van der Waals surface area contributed by atoms with E-state index in [0.717, 1.165) is 19.1 Å². The van der Waals surface area contributed by atoms with Gasteiger partial charge in [-0.15, -0.1) is 0 Å². The largest absolute Gasteiger partial charge is 0.385 e. The monoisotopic (exact) mass is 219 g/mol. The van der Waals surface area contributed by atoms with E-state index in [9.17, 15) is 0 Å². The van der Waals surface area contributed by atoms with Crippen LogP contribution in [0, 0.1) is 5.92 Å². The number of nitrogens with zero attached hydrogens (tertiary/aromatic N) is 1. The highest BCUT2D eigenvalue weighted by molar-refractivity contribution is 4.71. The lowest BCUT2D eigenvalue weighted by atomic mass is 10.1. The first-order chi connectivity index (χ1) is 7.24. The molecule has 0 amide bonds. The third kappa shape index (κ3) is 11.8. The lowest BCUT2D eigenvalue weighted by Crippen LogP contribution is -2.16. The van der Waals surface area contributed by atoms with Crippen LogP contribution in [0.25, 0.3) is 0 Å². The standard InChI is InChI=1S/C7H15NO.C3H8O.C2H6/c1-8-4-3-7(5-8)6-9-2;1-3-4-2;1-2/h7H,3-6H2,1-2H3;3H2,1-2H3;1-2H3. The molecule has 0 aromatic rings. The number of rotatable bonds is 3. The molecule has 3 nitrogen and oxygen atoms in total. The van der Waals surface area contributed by atoms with Gasteiger partial charge in [-0.25, -0.2) is 0 Å². The van der Waals surface area contributed by atoms with Gasteiger partial charge in [-0.3, -0.25) is 0 Å². The lowest BCUT2D eigenvalue weighted by molar-refractivity contribution is 0.155. The second-order valence-electron chi connectivity index (χ2n) is 3.45. The minimum absolute atomic E-state index is 0.792. The fourth-order valence-corrected chi connectivity index (χ4v) is 1.40. The van der Waals surface area contributed by atoms with E-state index in [4.69, 9.17) is 4.74 Å². The molecule has 3 heteroatoms. The van der Waals surface area contributed by atoms with Gasteiger partial charge in [-0.1, -0.05) is 13.8 Å². The second kappa shape index (κ2) is 13.9. The topological polar surface area (TPSA) is 21.7 Å². The van der Waals surface area contributed by atoms with Gasteiger partial charge in [0.05, 0.1) is 6.61 Å². The van der Waals surface area contributed by atoms with E-state index in [1.165, 1.54) is 19.5 Å². The van der Waals surface area contributed by atoms with Gasteiger partial charge in [0.2, 0.25) is 0 Å². The van der Waals surface area contributed by atoms with E-state index in [1.807, 2.05) is 20.8 Å². The fraction of sp³-hybridized carbons (Fsp3) is 1.00. The maximum absolute atomic E-state index is 5.05. The van der Waals surface area contributed by atoms with Crippen molar-refractivity contribution in [3.63, 3.8) is 0 Å². The number of methoxy groups -OCH3 is 2. The first-order valence-corrected chi connectivity index (χ1v) is 5.91. The Labute approximate surface area is 95.7 Å². The van der Waals surface area contributed by atoms with Crippen LogP contribution in [0.1, 0.15) is 27.2 Å². The first kappa shape index (κ1) is 17.3. The third-order valence-electron chi connectivity index (χ3n) is 2.18. The predicted octanol–water partition coefficient (Wildman–Crippen LogP) is 2.26. The molecular formula is C12H29NO2. The summed E-state index contributed by atoms with van der Waals surface area (Å²) in [6.07, 6.45) is 1.31. The molecule has 1 unspecified atom stereocenters. The molecule has 0 aromatic heterocycles. The van der Waals surface area contributed by atoms with Crippen molar-refractivity contribution >= 4 is 0 Å². The van der Waals surface area contributed by atoms with E-state index in [0.29, 0.717) is 0 Å². The van der Waals surface area contributed by atoms with Gasteiger partial charge in [0.15, 0.2) is 0 Å². The summed E-state index contributed by atoms with van der Waals surface area (Å²) in [6.45, 7) is 10.2. The summed E-state index contributed by atoms with van der Waals surface area (Å²) in [5.74, 6) is 0.792. The highest BCUT2D eigenvalue weighted by Crippen LogP contribution is 2.13. The Morgan fingerprint density at radius 2 is 1.73 bits per heavy atom. The molecule has 0 saturated carbocycles. The van der Waals surface area contributed by atoms with Crippen molar-refractivity contribution in [2.24, 2.45) is 5.92 Å². The highest BCUT2D eigenvalue weighted by atomic mass is 16.5. The zero-order chi connectivity index (χ0) is 12.1. The molecule has 1 aliphatic rings. The summed E-state index contributed by atoms with van der Waals surface area (Å²) >= 11 is 0. The van der Waals surface area contributed by atoms with E-state index < -0.39 is 0 Å². The van der Waals surface area contributed by atoms with Gasteiger partial charge in [-0.05, 0) is 32.9 Å². The van der Waals surface area contributed by atoms with Gasteiger partial charge in [0.25, 0.3) is 0 Å². The van der Waals surface area contributed by atoms with E-state index in [1.54, 1.807) is 14.2 Å². The Kier molecular flexibility index (Phi) is 16.0. The molecule has 1 saturated heterocycles. The fourth-order valence-electron chi connectivity index (χ4n) is 1.40. The zero-order valence-corrected chi connectivity index (χ0v) is 11.4. The first-order valence-electron chi connectivity index (χ1n) is 5.91. The molecule has 0 bridgehead atoms. The summed E-state index contributed by atoms with van der Waals surface area (Å²) in [5, 5.41) is 0. The van der Waals surface area contributed by atoms with Gasteiger partial charge in [0, 0.05) is 27.4 Å². The summed E-state index contributed by atoms with van der Waals surface area (Å²) in [7, 11) is 5.62. The highest BCUT2D eigenvalue weighted by Gasteiger charge is 2.18. The van der Waals surface area contributed by atoms with Crippen LogP contribution >= 0.6 is 0 Å². The molecule has 0 aromatic carbocycles. The average Bonchev–Trinajstić information content (AvgIpc) is 2.68. The molecule has 1 fully saturated rings. The van der Waals surface area contributed by atoms with Crippen molar-refractivity contribution in [2.75, 3.05) is 47.6 Å². The lowest BCUT2D eigenvalue weighted by Gasteiger charge is -2.07. The van der Waals surface area contributed by atoms with Gasteiger partial charge >= 0.3 is 0 Å². The van der Waals surface area contributed by atoms with Crippen LogP contribution in [0.15, 0.2) is 0 Å². The molecule has 0 aliphatic carbocycles. The smallest absolute Gasteiger partial charge is 0.0503 e. The minimum atomic E-state index is 0.792. The van der Waals surface area contributed by atoms with Gasteiger partial charge in [-0.2, -0.15) is 0 Å². The van der Waals surface area contributed by atoms with Crippen LogP contribution in [-0.4, -0.2) is 52.5 Å². The maximum Gasteiger partial charge on any atom is 0.0503 e. The molecule has 15 heavy (non-hydrogen) atoms. The summed E-state index contributed by atoms with van der Waals surface area (Å²) in [5.41, 5.74) is 0. The van der Waals surface area contributed by atoms with Crippen molar-refractivity contribution in [3.05, 3.63) is 0 Å². The number of hydrogen-bond donors (Lipinski definition) is 0. The molecule has 1 aliphatic heterocycles. The normalized spacial score (nSPS) is 20.0. The van der Waals surface area contributed by atoms with Crippen molar-refractivity contribution in [1.82, 2.24) is 4.90 Å². The summed E-state index contributed by atoms with van der Waals surface area (Å²) in [4.78, 5) is 2.35. The molecule has 1 heterocycles. The Morgan fingerprint density at radius 1 is 1.20 bits per heavy atom. The minimum Gasteiger partial charge on any atom is -0.385 e. The number of ether oxygens (including phenoxy) is 2. The Bertz CT molecular complexity index is 106. The molecule has 0 N–H and O–H groups in total. The van der Waals surface area contributed by atoms with Crippen LogP contribution in [0.3, 0.4) is 0 Å². The quantitative estimate of drug-likeness (QED) is 0.727. The third-order valence-corrected chi connectivity index (χ3v) is 2.18. The summed E-state index contributed by atoms with van der Waals surface area (Å²) in [6, 6.07) is 0.